The lowest BCUT2D eigenvalue weighted by Crippen LogP contribution is -2.60. The van der Waals surface area contributed by atoms with Crippen molar-refractivity contribution in [3.63, 3.8) is 0 Å². The summed E-state index contributed by atoms with van der Waals surface area (Å²) in [5.41, 5.74) is -0.284. The van der Waals surface area contributed by atoms with Gasteiger partial charge in [0, 0.05) is 11.5 Å². The van der Waals surface area contributed by atoms with E-state index in [0.29, 0.717) is 28.8 Å². The molecule has 2 N–H and O–H groups in total. The standard InChI is InChI=1S/C26H33NO8/c1-8-12-26(6)15(4)20(28)21(29)25(35-26)33-18-11-10-17-22(14(18)3)34-24(30)19(16(5)27-31-7)23(17)32-13-9-2/h8-11,15,20-21,25,28-29H,1-2,12-13H2,3-7H3/b27-16+/t15?,20?,21?,25?,26-/m0/s1. The summed E-state index contributed by atoms with van der Waals surface area (Å²) < 4.78 is 23.6. The molecule has 9 nitrogen and oxygen atoms in total. The maximum absolute atomic E-state index is 12.9. The van der Waals surface area contributed by atoms with Crippen LogP contribution in [0.15, 0.2) is 51.8 Å². The Morgan fingerprint density at radius 3 is 2.60 bits per heavy atom. The van der Waals surface area contributed by atoms with Gasteiger partial charge in [-0.3, -0.25) is 0 Å². The Bertz CT molecular complexity index is 1190. The average Bonchev–Trinajstić information content (AvgIpc) is 2.81. The first kappa shape index (κ1) is 26.5. The number of hydrogen-bond donors (Lipinski definition) is 2. The lowest BCUT2D eigenvalue weighted by molar-refractivity contribution is -0.289. The van der Waals surface area contributed by atoms with Gasteiger partial charge in [-0.05, 0) is 39.3 Å². The van der Waals surface area contributed by atoms with E-state index in [0.717, 1.165) is 0 Å². The summed E-state index contributed by atoms with van der Waals surface area (Å²) in [5.74, 6) is 0.240. The Kier molecular flexibility index (Phi) is 8.04. The molecule has 0 saturated carbocycles. The number of fused-ring (bicyclic) bond motifs is 1. The number of aliphatic hydroxyl groups is 2. The maximum Gasteiger partial charge on any atom is 0.349 e. The van der Waals surface area contributed by atoms with Crippen molar-refractivity contribution in [2.24, 2.45) is 11.1 Å². The van der Waals surface area contributed by atoms with Crippen LogP contribution in [0.5, 0.6) is 11.5 Å². The second kappa shape index (κ2) is 10.6. The van der Waals surface area contributed by atoms with Crippen molar-refractivity contribution in [2.45, 2.75) is 58.2 Å². The predicted octanol–water partition coefficient (Wildman–Crippen LogP) is 3.46. The molecule has 1 aliphatic heterocycles. The van der Waals surface area contributed by atoms with Gasteiger partial charge in [-0.2, -0.15) is 0 Å². The van der Waals surface area contributed by atoms with E-state index in [-0.39, 0.29) is 29.4 Å². The number of aliphatic hydroxyl groups excluding tert-OH is 2. The van der Waals surface area contributed by atoms with Crippen LogP contribution in [0.4, 0.5) is 0 Å². The van der Waals surface area contributed by atoms with Crippen LogP contribution in [-0.2, 0) is 9.57 Å². The van der Waals surface area contributed by atoms with Crippen molar-refractivity contribution in [1.29, 1.82) is 0 Å². The van der Waals surface area contributed by atoms with Gasteiger partial charge in [0.25, 0.3) is 0 Å². The van der Waals surface area contributed by atoms with E-state index >= 15 is 0 Å². The number of oxime groups is 1. The number of rotatable bonds is 9. The first-order valence-corrected chi connectivity index (χ1v) is 11.3. The summed E-state index contributed by atoms with van der Waals surface area (Å²) in [5, 5.41) is 25.7. The number of benzene rings is 1. The van der Waals surface area contributed by atoms with Crippen LogP contribution in [0.3, 0.4) is 0 Å². The Balaban J connectivity index is 2.09. The maximum atomic E-state index is 12.9. The van der Waals surface area contributed by atoms with Gasteiger partial charge in [0.2, 0.25) is 6.29 Å². The van der Waals surface area contributed by atoms with Gasteiger partial charge in [0.05, 0.1) is 22.8 Å². The third-order valence-corrected chi connectivity index (χ3v) is 6.44. The molecule has 1 aromatic carbocycles. The molecule has 0 radical (unpaired) electrons. The van der Waals surface area contributed by atoms with Crippen molar-refractivity contribution in [2.75, 3.05) is 13.7 Å². The lowest BCUT2D eigenvalue weighted by atomic mass is 9.79. The lowest BCUT2D eigenvalue weighted by Gasteiger charge is -2.47. The fourth-order valence-corrected chi connectivity index (χ4v) is 4.27. The van der Waals surface area contributed by atoms with Crippen LogP contribution in [0.1, 0.15) is 38.3 Å². The van der Waals surface area contributed by atoms with Crippen molar-refractivity contribution in [3.05, 3.63) is 59.0 Å². The Labute approximate surface area is 204 Å². The summed E-state index contributed by atoms with van der Waals surface area (Å²) in [6.07, 6.45) is 0.213. The summed E-state index contributed by atoms with van der Waals surface area (Å²) >= 11 is 0. The molecular formula is C26H33NO8. The van der Waals surface area contributed by atoms with Crippen LogP contribution in [0, 0.1) is 12.8 Å². The Hall–Kier alpha value is -3.14. The van der Waals surface area contributed by atoms with Crippen LogP contribution >= 0.6 is 0 Å². The number of hydrogen-bond acceptors (Lipinski definition) is 9. The highest BCUT2D eigenvalue weighted by atomic mass is 16.7. The normalized spacial score (nSPS) is 26.9. The monoisotopic (exact) mass is 487 g/mol. The van der Waals surface area contributed by atoms with Crippen molar-refractivity contribution >= 4 is 16.7 Å². The zero-order valence-corrected chi connectivity index (χ0v) is 20.7. The highest BCUT2D eigenvalue weighted by molar-refractivity contribution is 6.05. The summed E-state index contributed by atoms with van der Waals surface area (Å²) in [4.78, 5) is 17.7. The third kappa shape index (κ3) is 4.98. The van der Waals surface area contributed by atoms with Gasteiger partial charge in [0.15, 0.2) is 0 Å². The van der Waals surface area contributed by atoms with E-state index in [2.05, 4.69) is 18.3 Å². The molecule has 2 heterocycles. The van der Waals surface area contributed by atoms with E-state index in [1.54, 1.807) is 45.1 Å². The molecule has 1 saturated heterocycles. The molecule has 5 atom stereocenters. The molecule has 1 fully saturated rings. The van der Waals surface area contributed by atoms with Gasteiger partial charge in [-0.15, -0.1) is 6.58 Å². The molecule has 1 aliphatic rings. The zero-order chi connectivity index (χ0) is 25.9. The zero-order valence-electron chi connectivity index (χ0n) is 20.7. The van der Waals surface area contributed by atoms with Gasteiger partial charge in [-0.25, -0.2) is 4.79 Å². The van der Waals surface area contributed by atoms with Gasteiger partial charge < -0.3 is 33.7 Å². The highest BCUT2D eigenvalue weighted by Gasteiger charge is 2.49. The van der Waals surface area contributed by atoms with E-state index in [1.165, 1.54) is 7.11 Å². The highest BCUT2D eigenvalue weighted by Crippen LogP contribution is 2.40. The number of aryl methyl sites for hydroxylation is 1. The van der Waals surface area contributed by atoms with Crippen LogP contribution < -0.4 is 15.1 Å². The minimum Gasteiger partial charge on any atom is -0.488 e. The molecule has 0 bridgehead atoms. The van der Waals surface area contributed by atoms with Crippen LogP contribution in [0.25, 0.3) is 11.0 Å². The summed E-state index contributed by atoms with van der Waals surface area (Å²) in [6.45, 7) is 14.6. The molecule has 35 heavy (non-hydrogen) atoms. The first-order chi connectivity index (χ1) is 16.6. The molecule has 0 aliphatic carbocycles. The average molecular weight is 488 g/mol. The largest absolute Gasteiger partial charge is 0.488 e. The summed E-state index contributed by atoms with van der Waals surface area (Å²) in [7, 11) is 1.38. The molecule has 4 unspecified atom stereocenters. The van der Waals surface area contributed by atoms with E-state index in [1.807, 2.05) is 6.92 Å². The molecule has 9 heteroatoms. The van der Waals surface area contributed by atoms with Crippen LogP contribution in [-0.4, -0.2) is 53.7 Å². The minimum absolute atomic E-state index is 0.137. The number of ether oxygens (including phenoxy) is 3. The molecule has 0 amide bonds. The topological polar surface area (TPSA) is 120 Å². The Morgan fingerprint density at radius 1 is 1.26 bits per heavy atom. The Morgan fingerprint density at radius 2 is 1.97 bits per heavy atom. The SMILES string of the molecule is C=CCOc1c(/C(C)=N/OC)c(=O)oc2c(C)c(OC3O[C@@](C)(CC=C)C(C)C(O)C3O)ccc12. The molecule has 0 spiro atoms. The molecule has 2 aromatic rings. The van der Waals surface area contributed by atoms with Gasteiger partial charge >= 0.3 is 5.63 Å². The van der Waals surface area contributed by atoms with Crippen molar-refractivity contribution in [3.8, 4) is 11.5 Å². The quantitative estimate of drug-likeness (QED) is 0.239. The minimum atomic E-state index is -1.29. The molecule has 3 rings (SSSR count). The van der Waals surface area contributed by atoms with E-state index in [9.17, 15) is 15.0 Å². The summed E-state index contributed by atoms with van der Waals surface area (Å²) in [6, 6.07) is 3.34. The number of nitrogens with zero attached hydrogens (tertiary/aromatic N) is 1. The van der Waals surface area contributed by atoms with E-state index in [4.69, 9.17) is 23.5 Å². The van der Waals surface area contributed by atoms with Crippen LogP contribution in [0.2, 0.25) is 0 Å². The van der Waals surface area contributed by atoms with Crippen molar-refractivity contribution < 1.29 is 33.7 Å². The molecule has 190 valence electrons. The molecular weight excluding hydrogens is 454 g/mol. The fourth-order valence-electron chi connectivity index (χ4n) is 4.27. The van der Waals surface area contributed by atoms with E-state index < -0.39 is 29.7 Å². The third-order valence-electron chi connectivity index (χ3n) is 6.44. The van der Waals surface area contributed by atoms with Crippen molar-refractivity contribution in [1.82, 2.24) is 0 Å². The van der Waals surface area contributed by atoms with Gasteiger partial charge in [0.1, 0.15) is 42.5 Å². The second-order valence-electron chi connectivity index (χ2n) is 8.80. The molecule has 1 aromatic heterocycles. The predicted molar refractivity (Wildman–Crippen MR) is 132 cm³/mol. The van der Waals surface area contributed by atoms with Gasteiger partial charge in [-0.1, -0.05) is 30.8 Å². The smallest absolute Gasteiger partial charge is 0.349 e. The first-order valence-electron chi connectivity index (χ1n) is 11.3. The second-order valence-corrected chi connectivity index (χ2v) is 8.80. The fraction of sp³-hybridized carbons (Fsp3) is 0.462.